The van der Waals surface area contributed by atoms with Crippen LogP contribution in [-0.2, 0) is 26.2 Å². The summed E-state index contributed by atoms with van der Waals surface area (Å²) >= 11 is 0. The second kappa shape index (κ2) is 12.8. The molecule has 2 aromatic carbocycles. The molecule has 1 aliphatic rings. The van der Waals surface area contributed by atoms with Crippen LogP contribution in [0.3, 0.4) is 0 Å². The summed E-state index contributed by atoms with van der Waals surface area (Å²) in [5.41, 5.74) is 0.137. The highest BCUT2D eigenvalue weighted by atomic mass is 32.2. The van der Waals surface area contributed by atoms with Crippen molar-refractivity contribution in [1.82, 2.24) is 10.2 Å². The standard InChI is InChI=1S/C26H34N4O8S/c1-18(26(32)27-20-9-5-6-10-20)28(16-19-8-7-11-22(14-19)37-2)25(31)17-29(39(4,35)36)23-15-21(30(33)34)12-13-24(23)38-3/h7-8,11-15,18,20H,5-6,9-10,16-17H2,1-4H3,(H,27,32)/t18-/m1/s1. The van der Waals surface area contributed by atoms with Crippen LogP contribution in [0.15, 0.2) is 42.5 Å². The summed E-state index contributed by atoms with van der Waals surface area (Å²) in [6.07, 6.45) is 4.63. The Morgan fingerprint density at radius 1 is 1.13 bits per heavy atom. The maximum Gasteiger partial charge on any atom is 0.271 e. The predicted molar refractivity (Wildman–Crippen MR) is 145 cm³/mol. The number of rotatable bonds is 12. The molecule has 13 heteroatoms. The zero-order chi connectivity index (χ0) is 28.7. The van der Waals surface area contributed by atoms with E-state index in [1.54, 1.807) is 31.2 Å². The third kappa shape index (κ3) is 7.59. The lowest BCUT2D eigenvalue weighted by molar-refractivity contribution is -0.384. The predicted octanol–water partition coefficient (Wildman–Crippen LogP) is 2.85. The molecule has 39 heavy (non-hydrogen) atoms. The van der Waals surface area contributed by atoms with Crippen molar-refractivity contribution in [2.24, 2.45) is 0 Å². The van der Waals surface area contributed by atoms with Gasteiger partial charge in [-0.05, 0) is 43.5 Å². The van der Waals surface area contributed by atoms with Gasteiger partial charge in [-0.2, -0.15) is 0 Å². The van der Waals surface area contributed by atoms with Gasteiger partial charge < -0.3 is 19.7 Å². The van der Waals surface area contributed by atoms with Crippen LogP contribution in [0.25, 0.3) is 0 Å². The van der Waals surface area contributed by atoms with Crippen molar-refractivity contribution >= 4 is 33.2 Å². The quantitative estimate of drug-likeness (QED) is 0.307. The van der Waals surface area contributed by atoms with Gasteiger partial charge in [-0.3, -0.25) is 24.0 Å². The minimum Gasteiger partial charge on any atom is -0.497 e. The van der Waals surface area contributed by atoms with Crippen LogP contribution in [0.5, 0.6) is 11.5 Å². The van der Waals surface area contributed by atoms with E-state index in [4.69, 9.17) is 9.47 Å². The maximum atomic E-state index is 13.8. The van der Waals surface area contributed by atoms with Crippen molar-refractivity contribution in [3.05, 3.63) is 58.1 Å². The van der Waals surface area contributed by atoms with Crippen LogP contribution in [-0.4, -0.2) is 69.2 Å². The van der Waals surface area contributed by atoms with Gasteiger partial charge in [0.25, 0.3) is 5.69 Å². The molecule has 0 spiro atoms. The first-order chi connectivity index (χ1) is 18.4. The average Bonchev–Trinajstić information content (AvgIpc) is 3.41. The summed E-state index contributed by atoms with van der Waals surface area (Å²) in [6, 6.07) is 9.55. The number of sulfonamides is 1. The van der Waals surface area contributed by atoms with E-state index in [-0.39, 0.29) is 35.6 Å². The monoisotopic (exact) mass is 562 g/mol. The molecule has 1 aliphatic carbocycles. The molecule has 0 aliphatic heterocycles. The Morgan fingerprint density at radius 2 is 1.82 bits per heavy atom. The van der Waals surface area contributed by atoms with E-state index < -0.39 is 33.4 Å². The minimum absolute atomic E-state index is 0.00103. The lowest BCUT2D eigenvalue weighted by atomic mass is 10.1. The topological polar surface area (TPSA) is 148 Å². The summed E-state index contributed by atoms with van der Waals surface area (Å²) in [6.45, 7) is 0.876. The number of anilines is 1. The summed E-state index contributed by atoms with van der Waals surface area (Å²) < 4.78 is 37.0. The van der Waals surface area contributed by atoms with Crippen LogP contribution in [0.2, 0.25) is 0 Å². The Labute approximate surface area is 228 Å². The molecule has 1 atom stereocenters. The van der Waals surface area contributed by atoms with E-state index in [0.29, 0.717) is 11.3 Å². The lowest BCUT2D eigenvalue weighted by Gasteiger charge is -2.32. The molecular weight excluding hydrogens is 528 g/mol. The zero-order valence-electron chi connectivity index (χ0n) is 22.5. The molecule has 0 saturated heterocycles. The Balaban J connectivity index is 1.98. The van der Waals surface area contributed by atoms with Crippen molar-refractivity contribution in [1.29, 1.82) is 0 Å². The van der Waals surface area contributed by atoms with Gasteiger partial charge >= 0.3 is 0 Å². The van der Waals surface area contributed by atoms with Gasteiger partial charge in [0.05, 0.1) is 25.4 Å². The molecule has 1 fully saturated rings. The number of carbonyl (C=O) groups excluding carboxylic acids is 2. The number of methoxy groups -OCH3 is 2. The molecule has 0 heterocycles. The number of ether oxygens (including phenoxy) is 2. The Hall–Kier alpha value is -3.87. The number of benzene rings is 2. The molecule has 0 radical (unpaired) electrons. The van der Waals surface area contributed by atoms with E-state index in [1.807, 2.05) is 0 Å². The van der Waals surface area contributed by atoms with Crippen molar-refractivity contribution in [3.8, 4) is 11.5 Å². The number of nitrogens with zero attached hydrogens (tertiary/aromatic N) is 3. The number of nitro benzene ring substituents is 1. The fourth-order valence-corrected chi connectivity index (χ4v) is 5.37. The largest absolute Gasteiger partial charge is 0.497 e. The van der Waals surface area contributed by atoms with Crippen LogP contribution in [0, 0.1) is 10.1 Å². The summed E-state index contributed by atoms with van der Waals surface area (Å²) in [4.78, 5) is 38.9. The van der Waals surface area contributed by atoms with Crippen molar-refractivity contribution < 1.29 is 32.4 Å². The first-order valence-corrected chi connectivity index (χ1v) is 14.3. The zero-order valence-corrected chi connectivity index (χ0v) is 23.3. The SMILES string of the molecule is COc1cccc(CN(C(=O)CN(c2cc([N+](=O)[O-])ccc2OC)S(C)(=O)=O)[C@H](C)C(=O)NC2CCCC2)c1. The molecule has 1 N–H and O–H groups in total. The summed E-state index contributed by atoms with van der Waals surface area (Å²) in [7, 11) is -1.31. The number of nitrogens with one attached hydrogen (secondary N) is 1. The molecule has 2 amide bonds. The smallest absolute Gasteiger partial charge is 0.271 e. The molecule has 212 valence electrons. The number of carbonyl (C=O) groups is 2. The van der Waals surface area contributed by atoms with Crippen LogP contribution < -0.4 is 19.1 Å². The highest BCUT2D eigenvalue weighted by Gasteiger charge is 2.33. The number of hydrogen-bond donors (Lipinski definition) is 1. The second-order valence-electron chi connectivity index (χ2n) is 9.42. The molecule has 3 rings (SSSR count). The van der Waals surface area contributed by atoms with Crippen LogP contribution >= 0.6 is 0 Å². The van der Waals surface area contributed by atoms with Crippen molar-refractivity contribution in [2.75, 3.05) is 31.3 Å². The number of non-ortho nitro benzene ring substituents is 1. The van der Waals surface area contributed by atoms with Crippen molar-refractivity contribution in [2.45, 2.75) is 51.2 Å². The molecule has 0 bridgehead atoms. The fraction of sp³-hybridized carbons (Fsp3) is 0.462. The normalized spacial score (nSPS) is 14.4. The van der Waals surface area contributed by atoms with Gasteiger partial charge in [0.1, 0.15) is 29.8 Å². The first-order valence-electron chi connectivity index (χ1n) is 12.5. The van der Waals surface area contributed by atoms with Gasteiger partial charge in [-0.15, -0.1) is 0 Å². The molecule has 12 nitrogen and oxygen atoms in total. The minimum atomic E-state index is -4.11. The molecule has 0 aromatic heterocycles. The van der Waals surface area contributed by atoms with Crippen LogP contribution in [0.1, 0.15) is 38.2 Å². The number of amides is 2. The molecular formula is C26H34N4O8S. The van der Waals surface area contributed by atoms with Crippen molar-refractivity contribution in [3.63, 3.8) is 0 Å². The highest BCUT2D eigenvalue weighted by molar-refractivity contribution is 7.92. The molecule has 0 unspecified atom stereocenters. The van der Waals surface area contributed by atoms with Gasteiger partial charge in [-0.1, -0.05) is 25.0 Å². The van der Waals surface area contributed by atoms with Gasteiger partial charge in [-0.25, -0.2) is 8.42 Å². The third-order valence-electron chi connectivity index (χ3n) is 6.68. The van der Waals surface area contributed by atoms with E-state index >= 15 is 0 Å². The van der Waals surface area contributed by atoms with Gasteiger partial charge in [0.15, 0.2) is 0 Å². The third-order valence-corrected chi connectivity index (χ3v) is 7.80. The lowest BCUT2D eigenvalue weighted by Crippen LogP contribution is -2.52. The van der Waals surface area contributed by atoms with E-state index in [0.717, 1.165) is 42.3 Å². The highest BCUT2D eigenvalue weighted by Crippen LogP contribution is 2.34. The first kappa shape index (κ1) is 29.7. The van der Waals surface area contributed by atoms with E-state index in [9.17, 15) is 28.1 Å². The average molecular weight is 563 g/mol. The Bertz CT molecular complexity index is 1310. The second-order valence-corrected chi connectivity index (χ2v) is 11.3. The Kier molecular flexibility index (Phi) is 9.73. The number of hydrogen-bond acceptors (Lipinski definition) is 8. The molecule has 2 aromatic rings. The maximum absolute atomic E-state index is 13.8. The van der Waals surface area contributed by atoms with Crippen LogP contribution in [0.4, 0.5) is 11.4 Å². The fourth-order valence-electron chi connectivity index (χ4n) is 4.52. The number of nitro groups is 1. The Morgan fingerprint density at radius 3 is 2.41 bits per heavy atom. The molecule has 1 saturated carbocycles. The van der Waals surface area contributed by atoms with Gasteiger partial charge in [0.2, 0.25) is 21.8 Å². The summed E-state index contributed by atoms with van der Waals surface area (Å²) in [5.74, 6) is -0.435. The summed E-state index contributed by atoms with van der Waals surface area (Å²) in [5, 5.41) is 14.4. The van der Waals surface area contributed by atoms with E-state index in [2.05, 4.69) is 5.32 Å². The van der Waals surface area contributed by atoms with Gasteiger partial charge in [0, 0.05) is 24.7 Å². The van der Waals surface area contributed by atoms with E-state index in [1.165, 1.54) is 31.3 Å².